The van der Waals surface area contributed by atoms with E-state index >= 15 is 0 Å². The van der Waals surface area contributed by atoms with Crippen LogP contribution in [-0.4, -0.2) is 26.6 Å². The van der Waals surface area contributed by atoms with Crippen molar-refractivity contribution in [3.63, 3.8) is 0 Å². The van der Waals surface area contributed by atoms with E-state index in [1.54, 1.807) is 0 Å². The maximum absolute atomic E-state index is 9.41. The Kier molecular flexibility index (Phi) is 5.75. The molecule has 1 rings (SSSR count). The molecular formula is C17H28O2Si. The second-order valence-electron chi connectivity index (χ2n) is 6.85. The van der Waals surface area contributed by atoms with Crippen LogP contribution < -0.4 is 0 Å². The van der Waals surface area contributed by atoms with Crippen LogP contribution in [0.15, 0.2) is 42.5 Å². The average molecular weight is 292 g/mol. The third-order valence-electron chi connectivity index (χ3n) is 4.31. The fraction of sp³-hybridized carbons (Fsp3) is 0.529. The average Bonchev–Trinajstić information content (AvgIpc) is 2.38. The summed E-state index contributed by atoms with van der Waals surface area (Å²) in [7, 11) is -1.78. The van der Waals surface area contributed by atoms with Gasteiger partial charge in [-0.25, -0.2) is 0 Å². The fourth-order valence-corrected chi connectivity index (χ4v) is 2.77. The van der Waals surface area contributed by atoms with Crippen molar-refractivity contribution in [3.05, 3.63) is 48.0 Å². The molecule has 0 aliphatic carbocycles. The highest BCUT2D eigenvalue weighted by Crippen LogP contribution is 2.37. The van der Waals surface area contributed by atoms with E-state index in [-0.39, 0.29) is 17.6 Å². The van der Waals surface area contributed by atoms with Gasteiger partial charge in [0.05, 0.1) is 6.61 Å². The predicted molar refractivity (Wildman–Crippen MR) is 88.6 cm³/mol. The Bertz CT molecular complexity index is 432. The molecule has 0 aromatic heterocycles. The van der Waals surface area contributed by atoms with E-state index in [9.17, 15) is 5.11 Å². The van der Waals surface area contributed by atoms with Gasteiger partial charge in [0.15, 0.2) is 8.32 Å². The topological polar surface area (TPSA) is 29.5 Å². The fourth-order valence-electron chi connectivity index (χ4n) is 1.75. The van der Waals surface area contributed by atoms with Crippen LogP contribution in [0.4, 0.5) is 0 Å². The number of benzene rings is 1. The van der Waals surface area contributed by atoms with E-state index in [0.717, 1.165) is 11.1 Å². The Morgan fingerprint density at radius 1 is 1.25 bits per heavy atom. The van der Waals surface area contributed by atoms with Gasteiger partial charge in [0.2, 0.25) is 0 Å². The lowest BCUT2D eigenvalue weighted by Gasteiger charge is -2.37. The molecule has 112 valence electrons. The molecule has 1 aromatic carbocycles. The summed E-state index contributed by atoms with van der Waals surface area (Å²) in [5.41, 5.74) is 1.97. The molecule has 0 heterocycles. The third kappa shape index (κ3) is 4.30. The Labute approximate surface area is 124 Å². The molecule has 0 amide bonds. The van der Waals surface area contributed by atoms with Crippen molar-refractivity contribution in [3.8, 4) is 0 Å². The molecule has 0 fully saturated rings. The van der Waals surface area contributed by atoms with Gasteiger partial charge in [-0.15, -0.1) is 0 Å². The summed E-state index contributed by atoms with van der Waals surface area (Å²) in [5, 5.41) is 9.60. The molecule has 1 N–H and O–H groups in total. The van der Waals surface area contributed by atoms with Crippen molar-refractivity contribution in [2.24, 2.45) is 0 Å². The molecule has 1 aromatic rings. The van der Waals surface area contributed by atoms with Crippen LogP contribution in [0.2, 0.25) is 18.1 Å². The summed E-state index contributed by atoms with van der Waals surface area (Å²) in [6, 6.07) is 10.2. The molecule has 0 saturated heterocycles. The molecule has 0 saturated carbocycles. The Morgan fingerprint density at radius 2 is 1.80 bits per heavy atom. The number of aliphatic hydroxyl groups excluding tert-OH is 1. The van der Waals surface area contributed by atoms with Crippen LogP contribution in [-0.2, 0) is 4.43 Å². The van der Waals surface area contributed by atoms with E-state index in [2.05, 4.69) is 52.6 Å². The van der Waals surface area contributed by atoms with Crippen molar-refractivity contribution in [1.29, 1.82) is 0 Å². The minimum atomic E-state index is -1.78. The highest BCUT2D eigenvalue weighted by molar-refractivity contribution is 6.74. The van der Waals surface area contributed by atoms with Crippen molar-refractivity contribution in [1.82, 2.24) is 0 Å². The predicted octanol–water partition coefficient (Wildman–Crippen LogP) is 4.34. The molecule has 20 heavy (non-hydrogen) atoms. The monoisotopic (exact) mass is 292 g/mol. The second-order valence-corrected chi connectivity index (χ2v) is 11.7. The second kappa shape index (κ2) is 6.70. The zero-order valence-electron chi connectivity index (χ0n) is 13.4. The van der Waals surface area contributed by atoms with E-state index < -0.39 is 8.32 Å². The highest BCUT2D eigenvalue weighted by atomic mass is 28.4. The van der Waals surface area contributed by atoms with Gasteiger partial charge in [0.1, 0.15) is 0 Å². The van der Waals surface area contributed by atoms with Gasteiger partial charge in [-0.2, -0.15) is 0 Å². The number of hydrogen-bond acceptors (Lipinski definition) is 2. The van der Waals surface area contributed by atoms with Crippen molar-refractivity contribution in [2.75, 3.05) is 13.2 Å². The standard InChI is InChI=1S/C17H28O2Si/c1-14(12-18)16(15-10-8-7-9-11-15)13-19-20(5,6)17(2,3)4/h7-11,16,18H,1,12-13H2,2-6H3/t16-/m0/s1. The summed E-state index contributed by atoms with van der Waals surface area (Å²) in [5.74, 6) is 0.0651. The molecule has 0 radical (unpaired) electrons. The number of rotatable bonds is 6. The quantitative estimate of drug-likeness (QED) is 0.624. The Morgan fingerprint density at radius 3 is 2.25 bits per heavy atom. The van der Waals surface area contributed by atoms with Gasteiger partial charge in [0, 0.05) is 12.5 Å². The number of hydrogen-bond donors (Lipinski definition) is 1. The van der Waals surface area contributed by atoms with Crippen LogP contribution >= 0.6 is 0 Å². The van der Waals surface area contributed by atoms with E-state index in [4.69, 9.17) is 4.43 Å². The highest BCUT2D eigenvalue weighted by Gasteiger charge is 2.37. The minimum absolute atomic E-state index is 0.000420. The zero-order valence-corrected chi connectivity index (χ0v) is 14.4. The van der Waals surface area contributed by atoms with Crippen molar-refractivity contribution < 1.29 is 9.53 Å². The van der Waals surface area contributed by atoms with E-state index in [1.165, 1.54) is 0 Å². The molecule has 0 unspecified atom stereocenters. The lowest BCUT2D eigenvalue weighted by atomic mass is 9.93. The molecule has 0 aliphatic rings. The first-order chi connectivity index (χ1) is 9.19. The van der Waals surface area contributed by atoms with Crippen LogP contribution in [0.5, 0.6) is 0 Å². The first-order valence-corrected chi connectivity index (χ1v) is 10.1. The molecule has 1 atom stereocenters. The summed E-state index contributed by atoms with van der Waals surface area (Å²) in [6.07, 6.45) is 0. The van der Waals surface area contributed by atoms with Crippen LogP contribution in [0.1, 0.15) is 32.3 Å². The Hall–Kier alpha value is -0.903. The van der Waals surface area contributed by atoms with Crippen LogP contribution in [0, 0.1) is 0 Å². The summed E-state index contributed by atoms with van der Waals surface area (Å²) < 4.78 is 6.30. The van der Waals surface area contributed by atoms with Crippen LogP contribution in [0.3, 0.4) is 0 Å². The van der Waals surface area contributed by atoms with Gasteiger partial charge in [0.25, 0.3) is 0 Å². The lowest BCUT2D eigenvalue weighted by Crippen LogP contribution is -2.41. The number of aliphatic hydroxyl groups is 1. The smallest absolute Gasteiger partial charge is 0.192 e. The zero-order chi connectivity index (χ0) is 15.4. The van der Waals surface area contributed by atoms with Crippen LogP contribution in [0.25, 0.3) is 0 Å². The third-order valence-corrected chi connectivity index (χ3v) is 8.82. The van der Waals surface area contributed by atoms with E-state index in [0.29, 0.717) is 6.61 Å². The molecule has 3 heteroatoms. The van der Waals surface area contributed by atoms with Gasteiger partial charge in [-0.05, 0) is 29.3 Å². The Balaban J connectivity index is 2.86. The lowest BCUT2D eigenvalue weighted by molar-refractivity contribution is 0.257. The largest absolute Gasteiger partial charge is 0.416 e. The van der Waals surface area contributed by atoms with Gasteiger partial charge >= 0.3 is 0 Å². The van der Waals surface area contributed by atoms with Crippen molar-refractivity contribution in [2.45, 2.75) is 44.8 Å². The first kappa shape index (κ1) is 17.1. The van der Waals surface area contributed by atoms with Gasteiger partial charge in [-0.3, -0.25) is 0 Å². The summed E-state index contributed by atoms with van der Waals surface area (Å²) >= 11 is 0. The maximum Gasteiger partial charge on any atom is 0.192 e. The molecule has 0 bridgehead atoms. The van der Waals surface area contributed by atoms with E-state index in [1.807, 2.05) is 18.2 Å². The first-order valence-electron chi connectivity index (χ1n) is 7.16. The van der Waals surface area contributed by atoms with Crippen molar-refractivity contribution >= 4 is 8.32 Å². The molecule has 2 nitrogen and oxygen atoms in total. The van der Waals surface area contributed by atoms with Gasteiger partial charge < -0.3 is 9.53 Å². The SMILES string of the molecule is C=C(CO)[C@H](CO[Si](C)(C)C(C)(C)C)c1ccccc1. The summed E-state index contributed by atoms with van der Waals surface area (Å²) in [6.45, 7) is 15.8. The maximum atomic E-state index is 9.41. The minimum Gasteiger partial charge on any atom is -0.416 e. The molecular weight excluding hydrogens is 264 g/mol. The molecule has 0 aliphatic heterocycles. The van der Waals surface area contributed by atoms with Gasteiger partial charge in [-0.1, -0.05) is 57.7 Å². The molecule has 0 spiro atoms. The summed E-state index contributed by atoms with van der Waals surface area (Å²) in [4.78, 5) is 0. The normalized spacial score (nSPS) is 14.1.